The van der Waals surface area contributed by atoms with Gasteiger partial charge in [-0.3, -0.25) is 9.69 Å². The molecule has 1 fully saturated rings. The van der Waals surface area contributed by atoms with Gasteiger partial charge in [0.25, 0.3) is 0 Å². The predicted octanol–water partition coefficient (Wildman–Crippen LogP) is 3.76. The zero-order valence-corrected chi connectivity index (χ0v) is 15.1. The lowest BCUT2D eigenvalue weighted by atomic mass is 10.2. The van der Waals surface area contributed by atoms with Gasteiger partial charge in [0.05, 0.1) is 18.7 Å². The molecule has 0 bridgehead atoms. The van der Waals surface area contributed by atoms with Crippen LogP contribution in [0.2, 0.25) is 0 Å². The van der Waals surface area contributed by atoms with E-state index in [1.165, 1.54) is 16.2 Å². The highest BCUT2D eigenvalue weighted by molar-refractivity contribution is 7.14. The van der Waals surface area contributed by atoms with Crippen molar-refractivity contribution in [3.63, 3.8) is 0 Å². The summed E-state index contributed by atoms with van der Waals surface area (Å²) in [5, 5.41) is 7.28. The number of thiophene rings is 2. The summed E-state index contributed by atoms with van der Waals surface area (Å²) in [5.41, 5.74) is 0.423. The summed E-state index contributed by atoms with van der Waals surface area (Å²) in [6, 6.07) is 6.18. The molecule has 0 saturated carbocycles. The number of nitrogens with one attached hydrogen (secondary N) is 1. The summed E-state index contributed by atoms with van der Waals surface area (Å²) in [7, 11) is 0. The number of amides is 1. The van der Waals surface area contributed by atoms with E-state index in [4.69, 9.17) is 4.74 Å². The van der Waals surface area contributed by atoms with Crippen molar-refractivity contribution in [3.8, 4) is 0 Å². The Morgan fingerprint density at radius 2 is 2.21 bits per heavy atom. The van der Waals surface area contributed by atoms with Crippen molar-refractivity contribution in [2.45, 2.75) is 25.8 Å². The van der Waals surface area contributed by atoms with Crippen LogP contribution in [0.1, 0.15) is 41.0 Å². The Morgan fingerprint density at radius 1 is 1.33 bits per heavy atom. The van der Waals surface area contributed by atoms with E-state index in [2.05, 4.69) is 21.7 Å². The molecule has 0 spiro atoms. The van der Waals surface area contributed by atoms with Crippen molar-refractivity contribution in [1.82, 2.24) is 4.90 Å². The van der Waals surface area contributed by atoms with Gasteiger partial charge in [-0.05, 0) is 49.2 Å². The molecule has 1 N–H and O–H groups in total. The molecule has 0 aromatic carbocycles. The second kappa shape index (κ2) is 7.92. The Kier molecular flexibility index (Phi) is 5.65. The zero-order valence-electron chi connectivity index (χ0n) is 13.5. The number of esters is 1. The lowest BCUT2D eigenvalue weighted by Crippen LogP contribution is -2.32. The molecule has 2 aromatic heterocycles. The van der Waals surface area contributed by atoms with Gasteiger partial charge in [0.1, 0.15) is 5.00 Å². The van der Waals surface area contributed by atoms with Crippen LogP contribution in [-0.2, 0) is 9.53 Å². The smallest absolute Gasteiger partial charge is 0.341 e. The summed E-state index contributed by atoms with van der Waals surface area (Å²) >= 11 is 3.07. The first-order valence-electron chi connectivity index (χ1n) is 8.01. The Balaban J connectivity index is 1.62. The second-order valence-electron chi connectivity index (χ2n) is 5.58. The maximum atomic E-state index is 12.4. The van der Waals surface area contributed by atoms with Crippen LogP contribution in [0.25, 0.3) is 0 Å². The fraction of sp³-hybridized carbons (Fsp3) is 0.412. The molecular formula is C17H20N2O3S2. The van der Waals surface area contributed by atoms with Gasteiger partial charge < -0.3 is 10.1 Å². The van der Waals surface area contributed by atoms with Gasteiger partial charge in [0.15, 0.2) is 0 Å². The van der Waals surface area contributed by atoms with E-state index in [0.717, 1.165) is 19.4 Å². The Labute approximate surface area is 149 Å². The number of carbonyl (C=O) groups excluding carboxylic acids is 2. The Hall–Kier alpha value is -1.70. The van der Waals surface area contributed by atoms with Crippen LogP contribution in [-0.4, -0.2) is 36.5 Å². The highest BCUT2D eigenvalue weighted by Gasteiger charge is 2.28. The van der Waals surface area contributed by atoms with Crippen molar-refractivity contribution >= 4 is 39.6 Å². The van der Waals surface area contributed by atoms with Crippen molar-refractivity contribution in [2.75, 3.05) is 25.0 Å². The lowest BCUT2D eigenvalue weighted by molar-refractivity contribution is -0.117. The topological polar surface area (TPSA) is 58.6 Å². The molecule has 0 unspecified atom stereocenters. The maximum Gasteiger partial charge on any atom is 0.341 e. The quantitative estimate of drug-likeness (QED) is 0.793. The van der Waals surface area contributed by atoms with Gasteiger partial charge in [0.2, 0.25) is 5.91 Å². The van der Waals surface area contributed by atoms with E-state index in [1.807, 2.05) is 6.07 Å². The average molecular weight is 364 g/mol. The van der Waals surface area contributed by atoms with Gasteiger partial charge >= 0.3 is 5.97 Å². The SMILES string of the molecule is CCOC(=O)c1ccsc1NC(=O)CN1CCC[C@H]1c1cccs1. The van der Waals surface area contributed by atoms with Gasteiger partial charge in [-0.2, -0.15) is 0 Å². The first-order valence-corrected chi connectivity index (χ1v) is 9.77. The standard InChI is InChI=1S/C17H20N2O3S2/c1-2-22-17(21)12-7-10-24-16(12)18-15(20)11-19-8-3-5-13(19)14-6-4-9-23-14/h4,6-7,9-10,13H,2-3,5,8,11H2,1H3,(H,18,20)/t13-/m0/s1. The molecule has 5 nitrogen and oxygen atoms in total. The summed E-state index contributed by atoms with van der Waals surface area (Å²) in [4.78, 5) is 27.8. The molecule has 3 rings (SSSR count). The van der Waals surface area contributed by atoms with Crippen LogP contribution in [0.3, 0.4) is 0 Å². The second-order valence-corrected chi connectivity index (χ2v) is 7.47. The molecule has 7 heteroatoms. The van der Waals surface area contributed by atoms with Gasteiger partial charge in [-0.25, -0.2) is 4.79 Å². The number of nitrogens with zero attached hydrogens (tertiary/aromatic N) is 1. The summed E-state index contributed by atoms with van der Waals surface area (Å²) < 4.78 is 5.02. The monoisotopic (exact) mass is 364 g/mol. The van der Waals surface area contributed by atoms with E-state index in [1.54, 1.807) is 29.7 Å². The van der Waals surface area contributed by atoms with E-state index in [0.29, 0.717) is 29.8 Å². The molecule has 0 aliphatic carbocycles. The third kappa shape index (κ3) is 3.85. The molecule has 1 aliphatic heterocycles. The third-order valence-electron chi connectivity index (χ3n) is 4.00. The number of hydrogen-bond acceptors (Lipinski definition) is 6. The average Bonchev–Trinajstić information content (AvgIpc) is 3.28. The molecule has 128 valence electrons. The number of hydrogen-bond donors (Lipinski definition) is 1. The highest BCUT2D eigenvalue weighted by atomic mass is 32.1. The molecule has 24 heavy (non-hydrogen) atoms. The fourth-order valence-corrected chi connectivity index (χ4v) is 4.63. The predicted molar refractivity (Wildman–Crippen MR) is 96.8 cm³/mol. The van der Waals surface area contributed by atoms with Crippen LogP contribution >= 0.6 is 22.7 Å². The Bertz CT molecular complexity index is 697. The molecule has 3 heterocycles. The first-order chi connectivity index (χ1) is 11.7. The van der Waals surface area contributed by atoms with Crippen molar-refractivity contribution < 1.29 is 14.3 Å². The molecule has 1 aliphatic rings. The van der Waals surface area contributed by atoms with Crippen LogP contribution < -0.4 is 5.32 Å². The Morgan fingerprint density at radius 3 is 2.96 bits per heavy atom. The third-order valence-corrected chi connectivity index (χ3v) is 5.80. The molecule has 0 radical (unpaired) electrons. The van der Waals surface area contributed by atoms with Crippen LogP contribution in [0.4, 0.5) is 5.00 Å². The number of likely N-dealkylation sites (tertiary alicyclic amines) is 1. The fourth-order valence-electron chi connectivity index (χ4n) is 2.94. The number of anilines is 1. The van der Waals surface area contributed by atoms with Crippen LogP contribution in [0, 0.1) is 0 Å². The van der Waals surface area contributed by atoms with Gasteiger partial charge in [-0.1, -0.05) is 6.07 Å². The van der Waals surface area contributed by atoms with Gasteiger partial charge in [0, 0.05) is 10.9 Å². The van der Waals surface area contributed by atoms with Crippen molar-refractivity contribution in [3.05, 3.63) is 39.4 Å². The van der Waals surface area contributed by atoms with Gasteiger partial charge in [-0.15, -0.1) is 22.7 Å². The lowest BCUT2D eigenvalue weighted by Gasteiger charge is -2.22. The summed E-state index contributed by atoms with van der Waals surface area (Å²) in [6.45, 7) is 3.34. The van der Waals surface area contributed by atoms with Crippen molar-refractivity contribution in [1.29, 1.82) is 0 Å². The number of rotatable bonds is 6. The highest BCUT2D eigenvalue weighted by Crippen LogP contribution is 2.34. The zero-order chi connectivity index (χ0) is 16.9. The number of ether oxygens (including phenoxy) is 1. The molecule has 1 atom stereocenters. The minimum atomic E-state index is -0.397. The molecule has 2 aromatic rings. The van der Waals surface area contributed by atoms with E-state index < -0.39 is 5.97 Å². The van der Waals surface area contributed by atoms with E-state index >= 15 is 0 Å². The normalized spacial score (nSPS) is 17.8. The molecule has 1 saturated heterocycles. The van der Waals surface area contributed by atoms with E-state index in [9.17, 15) is 9.59 Å². The van der Waals surface area contributed by atoms with Crippen molar-refractivity contribution in [2.24, 2.45) is 0 Å². The first kappa shape index (κ1) is 17.1. The van der Waals surface area contributed by atoms with Crippen LogP contribution in [0.5, 0.6) is 0 Å². The van der Waals surface area contributed by atoms with Crippen LogP contribution in [0.15, 0.2) is 29.0 Å². The minimum absolute atomic E-state index is 0.0912. The molecular weight excluding hydrogens is 344 g/mol. The van der Waals surface area contributed by atoms with E-state index in [-0.39, 0.29) is 5.91 Å². The minimum Gasteiger partial charge on any atom is -0.462 e. The number of carbonyl (C=O) groups is 2. The summed E-state index contributed by atoms with van der Waals surface area (Å²) in [5.74, 6) is -0.488. The summed E-state index contributed by atoms with van der Waals surface area (Å²) in [6.07, 6.45) is 2.18. The molecule has 1 amide bonds. The maximum absolute atomic E-state index is 12.4. The largest absolute Gasteiger partial charge is 0.462 e.